The molecule has 1 aliphatic heterocycles. The molecule has 0 bridgehead atoms. The maximum Gasteiger partial charge on any atom is 0.336 e. The molecule has 2 aromatic carbocycles. The van der Waals surface area contributed by atoms with E-state index in [1.807, 2.05) is 4.90 Å². The summed E-state index contributed by atoms with van der Waals surface area (Å²) in [6.07, 6.45) is 3.37. The molecule has 0 radical (unpaired) electrons. The van der Waals surface area contributed by atoms with E-state index in [-0.39, 0.29) is 53.4 Å². The first-order chi connectivity index (χ1) is 17.3. The maximum atomic E-state index is 13.2. The topological polar surface area (TPSA) is 129 Å². The van der Waals surface area contributed by atoms with Gasteiger partial charge < -0.3 is 14.9 Å². The minimum Gasteiger partial charge on any atom is -0.478 e. The van der Waals surface area contributed by atoms with Crippen molar-refractivity contribution in [3.8, 4) is 0 Å². The summed E-state index contributed by atoms with van der Waals surface area (Å²) < 4.78 is 40.9. The fourth-order valence-corrected chi connectivity index (χ4v) is 5.08. The van der Waals surface area contributed by atoms with Crippen LogP contribution in [0.4, 0.5) is 21.8 Å². The lowest BCUT2D eigenvalue weighted by atomic mass is 10.1. The molecule has 0 aliphatic carbocycles. The molecule has 208 valence electrons. The van der Waals surface area contributed by atoms with Gasteiger partial charge in [0, 0.05) is 49.6 Å². The Morgan fingerprint density at radius 1 is 0.897 bits per heavy atom. The number of carboxylic acid groups (broad SMARTS) is 1. The standard InChI is InChI=1S/C24H21FN6O4S.3ClH/c25-16-2-5-18(6-3-16)36(34,35)29-17-4-7-21-19(14-17)20(23(32)33)15-22(28-21)30-10-12-31(13-11-30)24-26-8-1-9-27-24;;;/h1-9,14-15,29H,10-13H2,(H,32,33);3*1H. The Labute approximate surface area is 242 Å². The number of piperazine rings is 1. The summed E-state index contributed by atoms with van der Waals surface area (Å²) >= 11 is 0. The number of nitrogens with one attached hydrogen (secondary N) is 1. The van der Waals surface area contributed by atoms with Crippen LogP contribution in [0.15, 0.2) is 71.9 Å². The molecule has 5 rings (SSSR count). The van der Waals surface area contributed by atoms with Gasteiger partial charge in [0.25, 0.3) is 10.0 Å². The first-order valence-corrected chi connectivity index (χ1v) is 12.5. The van der Waals surface area contributed by atoms with Crippen LogP contribution < -0.4 is 14.5 Å². The van der Waals surface area contributed by atoms with Gasteiger partial charge in [-0.25, -0.2) is 32.6 Å². The summed E-state index contributed by atoms with van der Waals surface area (Å²) in [5.74, 6) is -0.542. The Bertz CT molecular complexity index is 1540. The number of halogens is 4. The molecule has 4 aromatic rings. The van der Waals surface area contributed by atoms with Crippen molar-refractivity contribution < 1.29 is 22.7 Å². The average Bonchev–Trinajstić information content (AvgIpc) is 2.88. The number of sulfonamides is 1. The number of aromatic carboxylic acids is 1. The van der Waals surface area contributed by atoms with Crippen LogP contribution in [-0.4, -0.2) is 60.6 Å². The molecular formula is C24H24Cl3FN6O4S. The smallest absolute Gasteiger partial charge is 0.336 e. The zero-order chi connectivity index (χ0) is 25.3. The third-order valence-corrected chi connectivity index (χ3v) is 7.24. The molecule has 0 saturated carbocycles. The summed E-state index contributed by atoms with van der Waals surface area (Å²) in [5.41, 5.74) is 0.593. The van der Waals surface area contributed by atoms with Crippen molar-refractivity contribution in [3.63, 3.8) is 0 Å². The minimum absolute atomic E-state index is 0. The third kappa shape index (κ3) is 6.95. The molecule has 10 nitrogen and oxygen atoms in total. The summed E-state index contributed by atoms with van der Waals surface area (Å²) in [4.78, 5) is 29.2. The summed E-state index contributed by atoms with van der Waals surface area (Å²) in [6.45, 7) is 2.50. The number of carbonyl (C=O) groups is 1. The molecule has 0 amide bonds. The van der Waals surface area contributed by atoms with E-state index in [1.165, 1.54) is 18.2 Å². The number of pyridine rings is 1. The number of carboxylic acids is 1. The second-order valence-electron chi connectivity index (χ2n) is 8.15. The Hall–Kier alpha value is -3.45. The van der Waals surface area contributed by atoms with Gasteiger partial charge in [0.2, 0.25) is 5.95 Å². The number of benzene rings is 2. The van der Waals surface area contributed by atoms with Crippen LogP contribution in [0.2, 0.25) is 0 Å². The number of hydrogen-bond donors (Lipinski definition) is 2. The molecule has 39 heavy (non-hydrogen) atoms. The highest BCUT2D eigenvalue weighted by molar-refractivity contribution is 7.92. The monoisotopic (exact) mass is 616 g/mol. The van der Waals surface area contributed by atoms with E-state index < -0.39 is 21.8 Å². The van der Waals surface area contributed by atoms with Gasteiger partial charge in [0.15, 0.2) is 0 Å². The van der Waals surface area contributed by atoms with E-state index in [0.717, 1.165) is 24.3 Å². The van der Waals surface area contributed by atoms with Crippen molar-refractivity contribution in [2.24, 2.45) is 0 Å². The van der Waals surface area contributed by atoms with Crippen LogP contribution in [-0.2, 0) is 10.0 Å². The number of fused-ring (bicyclic) bond motifs is 1. The fourth-order valence-electron chi connectivity index (χ4n) is 4.03. The summed E-state index contributed by atoms with van der Waals surface area (Å²) in [6, 6.07) is 12.2. The number of hydrogen-bond acceptors (Lipinski definition) is 8. The molecule has 2 N–H and O–H groups in total. The van der Waals surface area contributed by atoms with Crippen LogP contribution in [0.3, 0.4) is 0 Å². The average molecular weight is 618 g/mol. The Balaban J connectivity index is 0.00000178. The van der Waals surface area contributed by atoms with Gasteiger partial charge in [0.1, 0.15) is 11.6 Å². The quantitative estimate of drug-likeness (QED) is 0.326. The highest BCUT2D eigenvalue weighted by Gasteiger charge is 2.23. The van der Waals surface area contributed by atoms with Crippen molar-refractivity contribution >= 4 is 81.6 Å². The van der Waals surface area contributed by atoms with Crippen molar-refractivity contribution in [1.29, 1.82) is 0 Å². The first-order valence-electron chi connectivity index (χ1n) is 11.0. The molecule has 15 heteroatoms. The molecule has 2 aromatic heterocycles. The van der Waals surface area contributed by atoms with Gasteiger partial charge in [-0.15, -0.1) is 37.2 Å². The van der Waals surface area contributed by atoms with Gasteiger partial charge in [0.05, 0.1) is 16.0 Å². The van der Waals surface area contributed by atoms with E-state index in [1.54, 1.807) is 24.5 Å². The largest absolute Gasteiger partial charge is 0.478 e. The lowest BCUT2D eigenvalue weighted by Crippen LogP contribution is -2.47. The lowest BCUT2D eigenvalue weighted by molar-refractivity contribution is 0.0699. The molecule has 0 atom stereocenters. The normalized spacial score (nSPS) is 13.1. The van der Waals surface area contributed by atoms with Gasteiger partial charge in [-0.05, 0) is 54.6 Å². The number of aromatic nitrogens is 3. The van der Waals surface area contributed by atoms with Crippen molar-refractivity contribution in [2.45, 2.75) is 4.90 Å². The molecule has 3 heterocycles. The van der Waals surface area contributed by atoms with E-state index >= 15 is 0 Å². The van der Waals surface area contributed by atoms with Crippen molar-refractivity contribution in [2.75, 3.05) is 40.7 Å². The van der Waals surface area contributed by atoms with Crippen LogP contribution in [0.5, 0.6) is 0 Å². The van der Waals surface area contributed by atoms with Gasteiger partial charge >= 0.3 is 5.97 Å². The summed E-state index contributed by atoms with van der Waals surface area (Å²) in [7, 11) is -3.99. The Morgan fingerprint density at radius 3 is 2.13 bits per heavy atom. The molecule has 0 spiro atoms. The SMILES string of the molecule is Cl.Cl.Cl.O=C(O)c1cc(N2CCN(c3ncccn3)CC2)nc2ccc(NS(=O)(=O)c3ccc(F)cc3)cc12. The number of nitrogens with zero attached hydrogens (tertiary/aromatic N) is 5. The summed E-state index contributed by atoms with van der Waals surface area (Å²) in [5, 5.41) is 10.2. The third-order valence-electron chi connectivity index (χ3n) is 5.84. The van der Waals surface area contributed by atoms with E-state index in [4.69, 9.17) is 0 Å². The highest BCUT2D eigenvalue weighted by atomic mass is 35.5. The van der Waals surface area contributed by atoms with Crippen LogP contribution in [0, 0.1) is 5.82 Å². The molecule has 1 fully saturated rings. The predicted molar refractivity (Wildman–Crippen MR) is 154 cm³/mol. The van der Waals surface area contributed by atoms with Crippen LogP contribution >= 0.6 is 37.2 Å². The number of rotatable bonds is 6. The molecule has 1 aliphatic rings. The fraction of sp³-hybridized carbons (Fsp3) is 0.167. The number of anilines is 3. The molecule has 1 saturated heterocycles. The van der Waals surface area contributed by atoms with E-state index in [0.29, 0.717) is 48.8 Å². The Morgan fingerprint density at radius 2 is 1.51 bits per heavy atom. The van der Waals surface area contributed by atoms with E-state index in [9.17, 15) is 22.7 Å². The second-order valence-corrected chi connectivity index (χ2v) is 9.83. The molecular weight excluding hydrogens is 594 g/mol. The van der Waals surface area contributed by atoms with Gasteiger partial charge in [-0.1, -0.05) is 0 Å². The lowest BCUT2D eigenvalue weighted by Gasteiger charge is -2.35. The zero-order valence-electron chi connectivity index (χ0n) is 20.1. The molecule has 0 unspecified atom stereocenters. The zero-order valence-corrected chi connectivity index (χ0v) is 23.4. The highest BCUT2D eigenvalue weighted by Crippen LogP contribution is 2.28. The Kier molecular flexibility index (Phi) is 10.6. The second kappa shape index (κ2) is 13.1. The van der Waals surface area contributed by atoms with Crippen molar-refractivity contribution in [3.05, 3.63) is 78.4 Å². The van der Waals surface area contributed by atoms with Crippen LogP contribution in [0.1, 0.15) is 10.4 Å². The maximum absolute atomic E-state index is 13.2. The van der Waals surface area contributed by atoms with Gasteiger partial charge in [-0.2, -0.15) is 0 Å². The van der Waals surface area contributed by atoms with Gasteiger partial charge in [-0.3, -0.25) is 4.72 Å². The minimum atomic E-state index is -3.99. The first kappa shape index (κ1) is 31.8. The van der Waals surface area contributed by atoms with Crippen LogP contribution in [0.25, 0.3) is 10.9 Å². The van der Waals surface area contributed by atoms with Crippen molar-refractivity contribution in [1.82, 2.24) is 15.0 Å². The predicted octanol–water partition coefficient (Wildman–Crippen LogP) is 4.25. The van der Waals surface area contributed by atoms with E-state index in [2.05, 4.69) is 24.6 Å².